The minimum absolute atomic E-state index is 0.0779. The molecule has 2 rings (SSSR count). The van der Waals surface area contributed by atoms with E-state index in [2.05, 4.69) is 0 Å². The molecule has 0 atom stereocenters. The van der Waals surface area contributed by atoms with Crippen molar-refractivity contribution in [3.63, 3.8) is 0 Å². The van der Waals surface area contributed by atoms with E-state index in [1.54, 1.807) is 11.0 Å². The smallest absolute Gasteiger partial charge is 0.164 e. The van der Waals surface area contributed by atoms with Gasteiger partial charge >= 0.3 is 0 Å². The first-order valence-corrected chi connectivity index (χ1v) is 5.50. The summed E-state index contributed by atoms with van der Waals surface area (Å²) in [5.41, 5.74) is 1.43. The third kappa shape index (κ3) is 1.48. The summed E-state index contributed by atoms with van der Waals surface area (Å²) in [6, 6.07) is 5.26. The van der Waals surface area contributed by atoms with Crippen LogP contribution in [0.3, 0.4) is 0 Å². The lowest BCUT2D eigenvalue weighted by Crippen LogP contribution is -2.33. The van der Waals surface area contributed by atoms with Crippen LogP contribution in [-0.2, 0) is 6.42 Å². The van der Waals surface area contributed by atoms with E-state index in [1.807, 2.05) is 19.9 Å². The van der Waals surface area contributed by atoms with E-state index in [0.717, 1.165) is 10.6 Å². The molecule has 0 saturated carbocycles. The van der Waals surface area contributed by atoms with Crippen molar-refractivity contribution in [2.45, 2.75) is 26.3 Å². The van der Waals surface area contributed by atoms with Crippen LogP contribution in [0.4, 0.5) is 10.1 Å². The SMILES string of the molecule is CC(C)N1C(=S)Cc2ccc(C#N)c(F)c21. The number of anilines is 1. The van der Waals surface area contributed by atoms with Gasteiger partial charge < -0.3 is 4.90 Å². The number of nitriles is 1. The number of nitrogens with zero attached hydrogens (tertiary/aromatic N) is 2. The Morgan fingerprint density at radius 2 is 2.19 bits per heavy atom. The number of rotatable bonds is 1. The Labute approximate surface area is 99.3 Å². The molecule has 16 heavy (non-hydrogen) atoms. The zero-order chi connectivity index (χ0) is 11.9. The Bertz CT molecular complexity index is 502. The highest BCUT2D eigenvalue weighted by Crippen LogP contribution is 2.35. The van der Waals surface area contributed by atoms with E-state index in [4.69, 9.17) is 17.5 Å². The molecule has 0 aliphatic carbocycles. The summed E-state index contributed by atoms with van der Waals surface area (Å²) in [7, 11) is 0. The number of fused-ring (bicyclic) bond motifs is 1. The quantitative estimate of drug-likeness (QED) is 0.699. The average molecular weight is 234 g/mol. The summed E-state index contributed by atoms with van der Waals surface area (Å²) < 4.78 is 14.0. The minimum atomic E-state index is -0.450. The van der Waals surface area contributed by atoms with E-state index < -0.39 is 5.82 Å². The van der Waals surface area contributed by atoms with Crippen LogP contribution in [-0.4, -0.2) is 11.0 Å². The van der Waals surface area contributed by atoms with Crippen LogP contribution < -0.4 is 4.90 Å². The summed E-state index contributed by atoms with van der Waals surface area (Å²) in [6.07, 6.45) is 0.589. The monoisotopic (exact) mass is 234 g/mol. The van der Waals surface area contributed by atoms with Crippen LogP contribution in [0.1, 0.15) is 25.0 Å². The second-order valence-electron chi connectivity index (χ2n) is 4.08. The molecular formula is C12H11FN2S. The largest absolute Gasteiger partial charge is 0.331 e. The second kappa shape index (κ2) is 3.84. The first kappa shape index (κ1) is 11.0. The van der Waals surface area contributed by atoms with Crippen molar-refractivity contribution in [3.8, 4) is 6.07 Å². The molecule has 0 spiro atoms. The summed E-state index contributed by atoms with van der Waals surface area (Å²) in [5.74, 6) is -0.450. The summed E-state index contributed by atoms with van der Waals surface area (Å²) in [5, 5.41) is 8.80. The number of benzene rings is 1. The van der Waals surface area contributed by atoms with Crippen LogP contribution in [0.5, 0.6) is 0 Å². The van der Waals surface area contributed by atoms with Crippen LogP contribution in [0.25, 0.3) is 0 Å². The van der Waals surface area contributed by atoms with Crippen molar-refractivity contribution in [2.75, 3.05) is 4.90 Å². The Morgan fingerprint density at radius 3 is 2.75 bits per heavy atom. The van der Waals surface area contributed by atoms with Gasteiger partial charge in [0.15, 0.2) is 5.82 Å². The minimum Gasteiger partial charge on any atom is -0.331 e. The summed E-state index contributed by atoms with van der Waals surface area (Å²) in [4.78, 5) is 2.51. The number of thiocarbonyl (C=S) groups is 1. The van der Waals surface area contributed by atoms with Gasteiger partial charge in [0.05, 0.1) is 16.2 Å². The lowest BCUT2D eigenvalue weighted by molar-refractivity contribution is 0.618. The lowest BCUT2D eigenvalue weighted by Gasteiger charge is -2.24. The maximum atomic E-state index is 14.0. The molecule has 0 fully saturated rings. The van der Waals surface area contributed by atoms with E-state index >= 15 is 0 Å². The maximum absolute atomic E-state index is 14.0. The molecule has 1 aromatic rings. The standard InChI is InChI=1S/C12H11FN2S/c1-7(2)15-10(16)5-8-3-4-9(6-14)11(13)12(8)15/h3-4,7H,5H2,1-2H3. The van der Waals surface area contributed by atoms with Gasteiger partial charge in [-0.25, -0.2) is 4.39 Å². The molecule has 0 N–H and O–H groups in total. The molecular weight excluding hydrogens is 223 g/mol. The number of halogens is 1. The highest BCUT2D eigenvalue weighted by atomic mass is 32.1. The lowest BCUT2D eigenvalue weighted by atomic mass is 10.1. The maximum Gasteiger partial charge on any atom is 0.164 e. The fourth-order valence-corrected chi connectivity index (χ4v) is 2.47. The Balaban J connectivity index is 2.64. The van der Waals surface area contributed by atoms with E-state index in [-0.39, 0.29) is 11.6 Å². The molecule has 2 nitrogen and oxygen atoms in total. The molecule has 0 unspecified atom stereocenters. The Morgan fingerprint density at radius 1 is 1.50 bits per heavy atom. The zero-order valence-electron chi connectivity index (χ0n) is 9.12. The fourth-order valence-electron chi connectivity index (χ4n) is 2.01. The summed E-state index contributed by atoms with van der Waals surface area (Å²) >= 11 is 5.24. The van der Waals surface area contributed by atoms with E-state index in [0.29, 0.717) is 12.1 Å². The molecule has 0 bridgehead atoms. The number of hydrogen-bond donors (Lipinski definition) is 0. The van der Waals surface area contributed by atoms with Gasteiger partial charge in [0.25, 0.3) is 0 Å². The van der Waals surface area contributed by atoms with Crippen molar-refractivity contribution >= 4 is 22.9 Å². The Hall–Kier alpha value is -1.47. The third-order valence-corrected chi connectivity index (χ3v) is 3.03. The van der Waals surface area contributed by atoms with Gasteiger partial charge in [0.1, 0.15) is 6.07 Å². The highest BCUT2D eigenvalue weighted by molar-refractivity contribution is 7.80. The highest BCUT2D eigenvalue weighted by Gasteiger charge is 2.30. The van der Waals surface area contributed by atoms with Crippen LogP contribution in [0.15, 0.2) is 12.1 Å². The molecule has 4 heteroatoms. The van der Waals surface area contributed by atoms with Gasteiger partial charge in [-0.3, -0.25) is 0 Å². The first-order valence-electron chi connectivity index (χ1n) is 5.09. The normalized spacial score (nSPS) is 14.2. The first-order chi connectivity index (χ1) is 7.56. The average Bonchev–Trinajstić information content (AvgIpc) is 2.56. The van der Waals surface area contributed by atoms with Crippen LogP contribution in [0.2, 0.25) is 0 Å². The summed E-state index contributed by atoms with van der Waals surface area (Å²) in [6.45, 7) is 3.92. The molecule has 0 radical (unpaired) electrons. The van der Waals surface area contributed by atoms with E-state index in [9.17, 15) is 4.39 Å². The molecule has 82 valence electrons. The van der Waals surface area contributed by atoms with Crippen molar-refractivity contribution in [3.05, 3.63) is 29.1 Å². The predicted molar refractivity (Wildman–Crippen MR) is 65.0 cm³/mol. The van der Waals surface area contributed by atoms with Gasteiger partial charge in [-0.2, -0.15) is 5.26 Å². The molecule has 1 heterocycles. The molecule has 1 aliphatic rings. The molecule has 0 aromatic heterocycles. The van der Waals surface area contributed by atoms with Crippen LogP contribution in [0, 0.1) is 17.1 Å². The number of hydrogen-bond acceptors (Lipinski definition) is 2. The van der Waals surface area contributed by atoms with E-state index in [1.165, 1.54) is 6.07 Å². The molecule has 1 aliphatic heterocycles. The van der Waals surface area contributed by atoms with Crippen molar-refractivity contribution in [1.82, 2.24) is 0 Å². The van der Waals surface area contributed by atoms with Crippen molar-refractivity contribution in [1.29, 1.82) is 5.26 Å². The van der Waals surface area contributed by atoms with Gasteiger partial charge in [-0.05, 0) is 25.5 Å². The molecule has 0 amide bonds. The fraction of sp³-hybridized carbons (Fsp3) is 0.333. The van der Waals surface area contributed by atoms with Gasteiger partial charge in [0, 0.05) is 12.5 Å². The van der Waals surface area contributed by atoms with Crippen molar-refractivity contribution in [2.24, 2.45) is 0 Å². The van der Waals surface area contributed by atoms with Crippen molar-refractivity contribution < 1.29 is 4.39 Å². The zero-order valence-corrected chi connectivity index (χ0v) is 9.94. The van der Waals surface area contributed by atoms with Gasteiger partial charge in [-0.15, -0.1) is 0 Å². The Kier molecular flexibility index (Phi) is 2.64. The molecule has 0 saturated heterocycles. The second-order valence-corrected chi connectivity index (χ2v) is 4.55. The topological polar surface area (TPSA) is 27.0 Å². The van der Waals surface area contributed by atoms with Gasteiger partial charge in [-0.1, -0.05) is 18.3 Å². The van der Waals surface area contributed by atoms with Gasteiger partial charge in [0.2, 0.25) is 0 Å². The molecule has 1 aromatic carbocycles. The van der Waals surface area contributed by atoms with Crippen LogP contribution >= 0.6 is 12.2 Å². The predicted octanol–water partition coefficient (Wildman–Crippen LogP) is 2.80. The third-order valence-electron chi connectivity index (χ3n) is 2.69.